The third-order valence-electron chi connectivity index (χ3n) is 3.86. The summed E-state index contributed by atoms with van der Waals surface area (Å²) in [4.78, 5) is 40.2. The lowest BCUT2D eigenvalue weighted by atomic mass is 10.1. The Labute approximate surface area is 151 Å². The lowest BCUT2D eigenvalue weighted by Crippen LogP contribution is -2.40. The molecule has 1 heterocycles. The number of amides is 2. The molecule has 0 bridgehead atoms. The van der Waals surface area contributed by atoms with Crippen LogP contribution in [0.25, 0.3) is 0 Å². The molecule has 2 aromatic rings. The molecule has 8 nitrogen and oxygen atoms in total. The van der Waals surface area contributed by atoms with E-state index in [1.165, 1.54) is 18.5 Å². The summed E-state index contributed by atoms with van der Waals surface area (Å²) in [5.74, 6) is -0.967. The highest BCUT2D eigenvalue weighted by atomic mass is 16.5. The van der Waals surface area contributed by atoms with Crippen molar-refractivity contribution in [2.24, 2.45) is 0 Å². The average molecular weight is 358 g/mol. The van der Waals surface area contributed by atoms with Gasteiger partial charge in [-0.15, -0.1) is 0 Å². The van der Waals surface area contributed by atoms with E-state index in [1.54, 1.807) is 7.11 Å². The van der Waals surface area contributed by atoms with Gasteiger partial charge in [0.15, 0.2) is 0 Å². The van der Waals surface area contributed by atoms with Gasteiger partial charge in [-0.25, -0.2) is 0 Å². The summed E-state index contributed by atoms with van der Waals surface area (Å²) >= 11 is 0. The fourth-order valence-corrected chi connectivity index (χ4v) is 2.39. The van der Waals surface area contributed by atoms with E-state index in [0.717, 1.165) is 11.3 Å². The van der Waals surface area contributed by atoms with Crippen molar-refractivity contribution < 1.29 is 14.3 Å². The molecule has 2 rings (SSSR count). The number of carbonyl (C=O) groups is 2. The minimum Gasteiger partial charge on any atom is -0.497 e. The van der Waals surface area contributed by atoms with Gasteiger partial charge in [0.1, 0.15) is 11.4 Å². The van der Waals surface area contributed by atoms with Crippen molar-refractivity contribution in [3.63, 3.8) is 0 Å². The summed E-state index contributed by atoms with van der Waals surface area (Å²) in [7, 11) is 5.35. The van der Waals surface area contributed by atoms with Crippen molar-refractivity contribution >= 4 is 17.5 Å². The van der Waals surface area contributed by atoms with Gasteiger partial charge in [0.25, 0.3) is 0 Å². The SMILES string of the molecule is COc1ccc([C@H](CNC(=O)C(=O)Nc2c[nH]ccc2=O)N(C)C)cc1. The summed E-state index contributed by atoms with van der Waals surface area (Å²) in [5.41, 5.74) is 0.609. The van der Waals surface area contributed by atoms with Gasteiger partial charge in [-0.05, 0) is 31.8 Å². The predicted octanol–water partition coefficient (Wildman–Crippen LogP) is 0.741. The van der Waals surface area contributed by atoms with Gasteiger partial charge >= 0.3 is 11.8 Å². The maximum absolute atomic E-state index is 12.0. The highest BCUT2D eigenvalue weighted by Gasteiger charge is 2.19. The van der Waals surface area contributed by atoms with Crippen LogP contribution in [0.1, 0.15) is 11.6 Å². The molecular formula is C18H22N4O4. The van der Waals surface area contributed by atoms with Crippen molar-refractivity contribution in [2.75, 3.05) is 33.1 Å². The highest BCUT2D eigenvalue weighted by molar-refractivity contribution is 6.39. The monoisotopic (exact) mass is 358 g/mol. The average Bonchev–Trinajstić information content (AvgIpc) is 2.63. The van der Waals surface area contributed by atoms with Gasteiger partial charge in [-0.1, -0.05) is 12.1 Å². The summed E-state index contributed by atoms with van der Waals surface area (Å²) < 4.78 is 5.14. The molecule has 0 unspecified atom stereocenters. The molecule has 0 fully saturated rings. The number of aromatic nitrogens is 1. The van der Waals surface area contributed by atoms with Crippen LogP contribution in [-0.2, 0) is 9.59 Å². The van der Waals surface area contributed by atoms with E-state index < -0.39 is 11.8 Å². The van der Waals surface area contributed by atoms with Crippen LogP contribution >= 0.6 is 0 Å². The second kappa shape index (κ2) is 8.82. The quantitative estimate of drug-likeness (QED) is 0.661. The number of hydrogen-bond donors (Lipinski definition) is 3. The number of methoxy groups -OCH3 is 1. The van der Waals surface area contributed by atoms with E-state index in [-0.39, 0.29) is 23.7 Å². The molecular weight excluding hydrogens is 336 g/mol. The van der Waals surface area contributed by atoms with Crippen LogP contribution in [0.4, 0.5) is 5.69 Å². The topological polar surface area (TPSA) is 104 Å². The van der Waals surface area contributed by atoms with Crippen molar-refractivity contribution in [3.8, 4) is 5.75 Å². The zero-order valence-electron chi connectivity index (χ0n) is 14.9. The van der Waals surface area contributed by atoms with Crippen molar-refractivity contribution in [2.45, 2.75) is 6.04 Å². The predicted molar refractivity (Wildman–Crippen MR) is 98.1 cm³/mol. The number of H-pyrrole nitrogens is 1. The fourth-order valence-electron chi connectivity index (χ4n) is 2.39. The molecule has 138 valence electrons. The van der Waals surface area contributed by atoms with E-state index in [4.69, 9.17) is 4.74 Å². The van der Waals surface area contributed by atoms with Gasteiger partial charge in [0, 0.05) is 25.0 Å². The van der Waals surface area contributed by atoms with Gasteiger partial charge in [0.2, 0.25) is 5.43 Å². The molecule has 0 spiro atoms. The molecule has 3 N–H and O–H groups in total. The van der Waals surface area contributed by atoms with Crippen LogP contribution in [0.3, 0.4) is 0 Å². The normalized spacial score (nSPS) is 11.7. The first-order valence-electron chi connectivity index (χ1n) is 7.99. The first-order valence-corrected chi connectivity index (χ1v) is 7.99. The number of pyridine rings is 1. The van der Waals surface area contributed by atoms with E-state index in [0.29, 0.717) is 0 Å². The molecule has 1 aromatic carbocycles. The van der Waals surface area contributed by atoms with Crippen LogP contribution in [0.15, 0.2) is 47.5 Å². The number of nitrogens with zero attached hydrogens (tertiary/aromatic N) is 1. The van der Waals surface area contributed by atoms with Crippen LogP contribution in [0.2, 0.25) is 0 Å². The number of hydrogen-bond acceptors (Lipinski definition) is 5. The van der Waals surface area contributed by atoms with Crippen molar-refractivity contribution in [1.82, 2.24) is 15.2 Å². The molecule has 0 aliphatic heterocycles. The lowest BCUT2D eigenvalue weighted by molar-refractivity contribution is -0.136. The smallest absolute Gasteiger partial charge is 0.313 e. The number of carbonyl (C=O) groups excluding carboxylic acids is 2. The lowest BCUT2D eigenvalue weighted by Gasteiger charge is -2.25. The van der Waals surface area contributed by atoms with Gasteiger partial charge in [0.05, 0.1) is 13.2 Å². The number of ether oxygens (including phenoxy) is 1. The molecule has 0 saturated carbocycles. The van der Waals surface area contributed by atoms with E-state index in [2.05, 4.69) is 15.6 Å². The first kappa shape index (κ1) is 19.2. The molecule has 0 aliphatic carbocycles. The zero-order valence-corrected chi connectivity index (χ0v) is 14.9. The van der Waals surface area contributed by atoms with Gasteiger partial charge < -0.3 is 25.3 Å². The summed E-state index contributed by atoms with van der Waals surface area (Å²) in [6.07, 6.45) is 2.77. The zero-order chi connectivity index (χ0) is 19.1. The van der Waals surface area contributed by atoms with Gasteiger partial charge in [-0.3, -0.25) is 14.4 Å². The summed E-state index contributed by atoms with van der Waals surface area (Å²) in [6, 6.07) is 8.61. The number of anilines is 1. The van der Waals surface area contributed by atoms with E-state index in [1.807, 2.05) is 43.3 Å². The highest BCUT2D eigenvalue weighted by Crippen LogP contribution is 2.20. The number of nitrogens with one attached hydrogen (secondary N) is 3. The second-order valence-electron chi connectivity index (χ2n) is 5.84. The largest absolute Gasteiger partial charge is 0.497 e. The number of benzene rings is 1. The molecule has 1 atom stereocenters. The van der Waals surface area contributed by atoms with E-state index >= 15 is 0 Å². The molecule has 8 heteroatoms. The molecule has 0 radical (unpaired) electrons. The Bertz CT molecular complexity index is 814. The molecule has 0 aliphatic rings. The summed E-state index contributed by atoms with van der Waals surface area (Å²) in [5, 5.41) is 4.89. The molecule has 0 saturated heterocycles. The first-order chi connectivity index (χ1) is 12.4. The minimum absolute atomic E-state index is 0.0203. The maximum atomic E-state index is 12.0. The molecule has 26 heavy (non-hydrogen) atoms. The minimum atomic E-state index is -0.895. The standard InChI is InChI=1S/C18H22N4O4/c1-22(2)15(12-4-6-13(26-3)7-5-12)11-20-17(24)18(25)21-14-10-19-9-8-16(14)23/h4-10,15H,11H2,1-3H3,(H,19,23)(H,20,24)(H,21,25)/t15-/m0/s1. The maximum Gasteiger partial charge on any atom is 0.313 e. The number of rotatable bonds is 6. The number of aromatic amines is 1. The van der Waals surface area contributed by atoms with Gasteiger partial charge in [-0.2, -0.15) is 0 Å². The van der Waals surface area contributed by atoms with Crippen LogP contribution in [-0.4, -0.2) is 49.4 Å². The van der Waals surface area contributed by atoms with Crippen LogP contribution < -0.4 is 20.8 Å². The Morgan fingerprint density at radius 3 is 2.42 bits per heavy atom. The summed E-state index contributed by atoms with van der Waals surface area (Å²) in [6.45, 7) is 0.233. The Morgan fingerprint density at radius 2 is 1.85 bits per heavy atom. The Hall–Kier alpha value is -3.13. The number of likely N-dealkylation sites (N-methyl/N-ethyl adjacent to an activating group) is 1. The Balaban J connectivity index is 1.99. The third-order valence-corrected chi connectivity index (χ3v) is 3.86. The Kier molecular flexibility index (Phi) is 6.51. The van der Waals surface area contributed by atoms with E-state index in [9.17, 15) is 14.4 Å². The van der Waals surface area contributed by atoms with Crippen molar-refractivity contribution in [1.29, 1.82) is 0 Å². The molecule has 2 amide bonds. The second-order valence-corrected chi connectivity index (χ2v) is 5.84. The van der Waals surface area contributed by atoms with Crippen molar-refractivity contribution in [3.05, 3.63) is 58.5 Å². The molecule has 1 aromatic heterocycles. The van der Waals surface area contributed by atoms with Crippen LogP contribution in [0, 0.1) is 0 Å². The van der Waals surface area contributed by atoms with Crippen LogP contribution in [0.5, 0.6) is 5.75 Å². The Morgan fingerprint density at radius 1 is 1.15 bits per heavy atom. The third kappa shape index (κ3) is 4.93. The fraction of sp³-hybridized carbons (Fsp3) is 0.278.